The Labute approximate surface area is 86.4 Å². The second-order valence-electron chi connectivity index (χ2n) is 5.41. The van der Waals surface area contributed by atoms with E-state index in [2.05, 4.69) is 12.2 Å². The van der Waals surface area contributed by atoms with Gasteiger partial charge in [0.2, 0.25) is 0 Å². The van der Waals surface area contributed by atoms with Crippen molar-refractivity contribution in [2.75, 3.05) is 6.61 Å². The maximum absolute atomic E-state index is 5.57. The number of nitrogens with one attached hydrogen (secondary N) is 1. The summed E-state index contributed by atoms with van der Waals surface area (Å²) in [5.74, 6) is 2.15. The zero-order chi connectivity index (χ0) is 9.54. The first kappa shape index (κ1) is 9.17. The highest BCUT2D eigenvalue weighted by atomic mass is 16.5. The van der Waals surface area contributed by atoms with Crippen LogP contribution in [0.25, 0.3) is 0 Å². The van der Waals surface area contributed by atoms with E-state index in [-0.39, 0.29) is 0 Å². The van der Waals surface area contributed by atoms with Gasteiger partial charge in [0.1, 0.15) is 0 Å². The van der Waals surface area contributed by atoms with E-state index in [9.17, 15) is 0 Å². The van der Waals surface area contributed by atoms with Gasteiger partial charge < -0.3 is 10.1 Å². The van der Waals surface area contributed by atoms with Crippen LogP contribution in [-0.2, 0) is 4.74 Å². The van der Waals surface area contributed by atoms with E-state index in [1.807, 2.05) is 0 Å². The molecule has 1 saturated heterocycles. The lowest BCUT2D eigenvalue weighted by Gasteiger charge is -2.30. The monoisotopic (exact) mass is 195 g/mol. The summed E-state index contributed by atoms with van der Waals surface area (Å²) >= 11 is 0. The van der Waals surface area contributed by atoms with E-state index < -0.39 is 0 Å². The van der Waals surface area contributed by atoms with Crippen LogP contribution in [0.15, 0.2) is 0 Å². The Hall–Kier alpha value is -0.0800. The van der Waals surface area contributed by atoms with E-state index in [0.29, 0.717) is 6.10 Å². The first-order valence-corrected chi connectivity index (χ1v) is 6.20. The van der Waals surface area contributed by atoms with Crippen molar-refractivity contribution in [2.45, 2.75) is 57.2 Å². The van der Waals surface area contributed by atoms with Gasteiger partial charge in [-0.25, -0.2) is 0 Å². The Kier molecular flexibility index (Phi) is 2.29. The number of ether oxygens (including phenoxy) is 1. The van der Waals surface area contributed by atoms with Gasteiger partial charge in [0.25, 0.3) is 0 Å². The van der Waals surface area contributed by atoms with Gasteiger partial charge in [-0.15, -0.1) is 0 Å². The Morgan fingerprint density at radius 1 is 1.14 bits per heavy atom. The minimum Gasteiger partial charge on any atom is -0.378 e. The third-order valence-electron chi connectivity index (χ3n) is 4.28. The molecule has 1 aliphatic heterocycles. The van der Waals surface area contributed by atoms with E-state index in [4.69, 9.17) is 4.74 Å². The van der Waals surface area contributed by atoms with Crippen LogP contribution in [0.1, 0.15) is 39.0 Å². The summed E-state index contributed by atoms with van der Waals surface area (Å²) in [5.41, 5.74) is 0. The molecule has 0 spiro atoms. The molecular formula is C12H21NO. The number of fused-ring (bicyclic) bond motifs is 1. The van der Waals surface area contributed by atoms with Gasteiger partial charge >= 0.3 is 0 Å². The molecule has 0 radical (unpaired) electrons. The molecule has 0 aromatic carbocycles. The van der Waals surface area contributed by atoms with Crippen LogP contribution < -0.4 is 5.32 Å². The lowest BCUT2D eigenvalue weighted by Crippen LogP contribution is -2.43. The molecule has 3 aliphatic rings. The van der Waals surface area contributed by atoms with Gasteiger partial charge in [0.15, 0.2) is 0 Å². The summed E-state index contributed by atoms with van der Waals surface area (Å²) in [6.07, 6.45) is 7.34. The minimum atomic E-state index is 0.470. The Morgan fingerprint density at radius 2 is 2.07 bits per heavy atom. The molecule has 2 saturated carbocycles. The molecule has 3 fully saturated rings. The number of rotatable bonds is 2. The highest BCUT2D eigenvalue weighted by molar-refractivity contribution is 5.02. The summed E-state index contributed by atoms with van der Waals surface area (Å²) in [5, 5.41) is 3.86. The summed E-state index contributed by atoms with van der Waals surface area (Å²) in [4.78, 5) is 0. The third kappa shape index (κ3) is 1.70. The molecule has 2 heteroatoms. The first-order valence-electron chi connectivity index (χ1n) is 6.20. The fourth-order valence-corrected chi connectivity index (χ4v) is 3.36. The minimum absolute atomic E-state index is 0.470. The SMILES string of the molecule is CC1CC(NC2CC[C@@H]3C[C@H]23)CCO1. The van der Waals surface area contributed by atoms with E-state index >= 15 is 0 Å². The molecule has 3 rings (SSSR count). The molecule has 0 bridgehead atoms. The van der Waals surface area contributed by atoms with Crippen molar-refractivity contribution in [2.24, 2.45) is 11.8 Å². The molecule has 14 heavy (non-hydrogen) atoms. The molecule has 80 valence electrons. The van der Waals surface area contributed by atoms with Crippen molar-refractivity contribution in [3.05, 3.63) is 0 Å². The lowest BCUT2D eigenvalue weighted by molar-refractivity contribution is 0.0109. The molecule has 1 heterocycles. The fourth-order valence-electron chi connectivity index (χ4n) is 3.36. The molecular weight excluding hydrogens is 174 g/mol. The highest BCUT2D eigenvalue weighted by Gasteiger charge is 2.48. The fraction of sp³-hybridized carbons (Fsp3) is 1.00. The predicted molar refractivity (Wildman–Crippen MR) is 56.2 cm³/mol. The quantitative estimate of drug-likeness (QED) is 0.727. The summed E-state index contributed by atoms with van der Waals surface area (Å²) in [6.45, 7) is 3.15. The molecule has 2 nitrogen and oxygen atoms in total. The van der Waals surface area contributed by atoms with E-state index in [1.54, 1.807) is 0 Å². The maximum Gasteiger partial charge on any atom is 0.0561 e. The van der Waals surface area contributed by atoms with Crippen LogP contribution in [0.3, 0.4) is 0 Å². The van der Waals surface area contributed by atoms with Gasteiger partial charge in [0, 0.05) is 18.7 Å². The van der Waals surface area contributed by atoms with Crippen LogP contribution in [0.4, 0.5) is 0 Å². The topological polar surface area (TPSA) is 21.3 Å². The van der Waals surface area contributed by atoms with Crippen molar-refractivity contribution in [3.63, 3.8) is 0 Å². The molecule has 0 aromatic heterocycles. The van der Waals surface area contributed by atoms with Crippen molar-refractivity contribution in [1.29, 1.82) is 0 Å². The average molecular weight is 195 g/mol. The molecule has 2 aliphatic carbocycles. The van der Waals surface area contributed by atoms with E-state index in [1.165, 1.54) is 32.1 Å². The van der Waals surface area contributed by atoms with Crippen molar-refractivity contribution in [3.8, 4) is 0 Å². The maximum atomic E-state index is 5.57. The van der Waals surface area contributed by atoms with E-state index in [0.717, 1.165) is 30.5 Å². The number of hydrogen-bond donors (Lipinski definition) is 1. The van der Waals surface area contributed by atoms with Crippen LogP contribution >= 0.6 is 0 Å². The summed E-state index contributed by atoms with van der Waals surface area (Å²) < 4.78 is 5.57. The normalized spacial score (nSPS) is 51.6. The largest absolute Gasteiger partial charge is 0.378 e. The summed E-state index contributed by atoms with van der Waals surface area (Å²) in [7, 11) is 0. The summed E-state index contributed by atoms with van der Waals surface area (Å²) in [6, 6.07) is 1.60. The van der Waals surface area contributed by atoms with Gasteiger partial charge in [-0.1, -0.05) is 0 Å². The first-order chi connectivity index (χ1) is 6.83. The standard InChI is InChI=1S/C12H21NO/c1-8-6-10(4-5-14-8)13-12-3-2-9-7-11(9)12/h8-13H,2-7H2,1H3/t8?,9-,10?,11+,12?/m1/s1. The zero-order valence-corrected chi connectivity index (χ0v) is 9.04. The molecule has 0 aromatic rings. The van der Waals surface area contributed by atoms with Gasteiger partial charge in [-0.05, 0) is 50.9 Å². The smallest absolute Gasteiger partial charge is 0.0561 e. The lowest BCUT2D eigenvalue weighted by atomic mass is 10.0. The highest BCUT2D eigenvalue weighted by Crippen LogP contribution is 2.51. The van der Waals surface area contributed by atoms with Gasteiger partial charge in [0.05, 0.1) is 6.10 Å². The van der Waals surface area contributed by atoms with Gasteiger partial charge in [-0.3, -0.25) is 0 Å². The van der Waals surface area contributed by atoms with Crippen molar-refractivity contribution in [1.82, 2.24) is 5.32 Å². The Balaban J connectivity index is 1.51. The van der Waals surface area contributed by atoms with Crippen molar-refractivity contribution < 1.29 is 4.74 Å². The molecule has 1 N–H and O–H groups in total. The second-order valence-corrected chi connectivity index (χ2v) is 5.41. The van der Waals surface area contributed by atoms with Crippen LogP contribution in [0.5, 0.6) is 0 Å². The zero-order valence-electron chi connectivity index (χ0n) is 9.04. The molecule has 3 unspecified atom stereocenters. The number of hydrogen-bond acceptors (Lipinski definition) is 2. The average Bonchev–Trinajstić information content (AvgIpc) is 2.84. The molecule has 0 amide bonds. The third-order valence-corrected chi connectivity index (χ3v) is 4.28. The second kappa shape index (κ2) is 3.49. The Bertz CT molecular complexity index is 218. The molecule has 5 atom stereocenters. The predicted octanol–water partition coefficient (Wildman–Crippen LogP) is 1.94. The van der Waals surface area contributed by atoms with Crippen LogP contribution in [0, 0.1) is 11.8 Å². The van der Waals surface area contributed by atoms with Crippen LogP contribution in [0.2, 0.25) is 0 Å². The van der Waals surface area contributed by atoms with Gasteiger partial charge in [-0.2, -0.15) is 0 Å². The van der Waals surface area contributed by atoms with Crippen LogP contribution in [-0.4, -0.2) is 24.8 Å². The Morgan fingerprint density at radius 3 is 2.71 bits per heavy atom. The van der Waals surface area contributed by atoms with Crippen molar-refractivity contribution >= 4 is 0 Å².